The molecule has 0 unspecified atom stereocenters. The van der Waals surface area contributed by atoms with E-state index in [0.29, 0.717) is 23.6 Å². The first-order valence-corrected chi connectivity index (χ1v) is 7.86. The Kier molecular flexibility index (Phi) is 5.96. The minimum Gasteiger partial charge on any atom is -0.274 e. The van der Waals surface area contributed by atoms with E-state index in [1.165, 1.54) is 0 Å². The van der Waals surface area contributed by atoms with Crippen molar-refractivity contribution in [3.8, 4) is 0 Å². The van der Waals surface area contributed by atoms with Crippen LogP contribution in [0.4, 0.5) is 0 Å². The highest BCUT2D eigenvalue weighted by molar-refractivity contribution is 14.1. The molecule has 110 valence electrons. The standard InChI is InChI=1S/C15H14ClIN2O2/c1-2-21-19-15(20)13-5-6-18-9-11(13)7-10-3-4-12(17)8-14(10)16/h3-6,8-9H,2,7H2,1H3,(H,19,20). The van der Waals surface area contributed by atoms with Crippen LogP contribution < -0.4 is 5.48 Å². The van der Waals surface area contributed by atoms with Gasteiger partial charge in [0.05, 0.1) is 6.61 Å². The van der Waals surface area contributed by atoms with E-state index in [1.54, 1.807) is 25.4 Å². The highest BCUT2D eigenvalue weighted by Crippen LogP contribution is 2.23. The summed E-state index contributed by atoms with van der Waals surface area (Å²) in [5.74, 6) is -0.282. The van der Waals surface area contributed by atoms with Gasteiger partial charge in [0.15, 0.2) is 0 Å². The highest BCUT2D eigenvalue weighted by Gasteiger charge is 2.13. The summed E-state index contributed by atoms with van der Waals surface area (Å²) < 4.78 is 1.07. The summed E-state index contributed by atoms with van der Waals surface area (Å²) >= 11 is 8.45. The van der Waals surface area contributed by atoms with Crippen molar-refractivity contribution < 1.29 is 9.63 Å². The third-order valence-electron chi connectivity index (χ3n) is 2.85. The van der Waals surface area contributed by atoms with Crippen molar-refractivity contribution in [3.05, 3.63) is 61.9 Å². The van der Waals surface area contributed by atoms with E-state index in [1.807, 2.05) is 18.2 Å². The van der Waals surface area contributed by atoms with Crippen LogP contribution in [-0.2, 0) is 11.3 Å². The van der Waals surface area contributed by atoms with Crippen LogP contribution in [0.25, 0.3) is 0 Å². The van der Waals surface area contributed by atoms with Gasteiger partial charge in [-0.25, -0.2) is 5.48 Å². The van der Waals surface area contributed by atoms with Crippen LogP contribution in [0, 0.1) is 3.57 Å². The van der Waals surface area contributed by atoms with Gasteiger partial charge >= 0.3 is 0 Å². The van der Waals surface area contributed by atoms with E-state index in [0.717, 1.165) is 14.7 Å². The Balaban J connectivity index is 2.26. The van der Waals surface area contributed by atoms with Crippen molar-refractivity contribution in [1.82, 2.24) is 10.5 Å². The molecular weight excluding hydrogens is 403 g/mol. The molecule has 0 aliphatic carbocycles. The molecule has 1 N–H and O–H groups in total. The molecule has 4 nitrogen and oxygen atoms in total. The summed E-state index contributed by atoms with van der Waals surface area (Å²) in [6, 6.07) is 7.51. The summed E-state index contributed by atoms with van der Waals surface area (Å²) in [5.41, 5.74) is 4.69. The second-order valence-electron chi connectivity index (χ2n) is 4.31. The molecule has 6 heteroatoms. The number of hydroxylamine groups is 1. The first kappa shape index (κ1) is 16.2. The molecule has 1 amide bonds. The zero-order chi connectivity index (χ0) is 15.2. The number of nitrogens with one attached hydrogen (secondary N) is 1. The molecule has 1 heterocycles. The number of amides is 1. The fourth-order valence-electron chi connectivity index (χ4n) is 1.85. The number of hydrogen-bond donors (Lipinski definition) is 1. The van der Waals surface area contributed by atoms with Crippen molar-refractivity contribution in [3.63, 3.8) is 0 Å². The van der Waals surface area contributed by atoms with Gasteiger partial charge < -0.3 is 0 Å². The normalized spacial score (nSPS) is 10.4. The van der Waals surface area contributed by atoms with Crippen LogP contribution in [0.15, 0.2) is 36.7 Å². The first-order valence-electron chi connectivity index (χ1n) is 6.40. The quantitative estimate of drug-likeness (QED) is 0.598. The number of nitrogens with zero attached hydrogens (tertiary/aromatic N) is 1. The van der Waals surface area contributed by atoms with Gasteiger partial charge in [0, 0.05) is 33.0 Å². The number of carbonyl (C=O) groups excluding carboxylic acids is 1. The molecule has 1 aromatic carbocycles. The minimum absolute atomic E-state index is 0.282. The SMILES string of the molecule is CCONC(=O)c1ccncc1Cc1ccc(I)cc1Cl. The van der Waals surface area contributed by atoms with E-state index in [9.17, 15) is 4.79 Å². The summed E-state index contributed by atoms with van der Waals surface area (Å²) in [6.07, 6.45) is 3.80. The van der Waals surface area contributed by atoms with Crippen molar-refractivity contribution in [2.75, 3.05) is 6.61 Å². The molecule has 0 fully saturated rings. The summed E-state index contributed by atoms with van der Waals surface area (Å²) in [4.78, 5) is 21.1. The lowest BCUT2D eigenvalue weighted by Crippen LogP contribution is -2.24. The molecule has 0 saturated heterocycles. The topological polar surface area (TPSA) is 51.2 Å². The third kappa shape index (κ3) is 4.39. The summed E-state index contributed by atoms with van der Waals surface area (Å²) in [7, 11) is 0. The van der Waals surface area contributed by atoms with Crippen LogP contribution in [-0.4, -0.2) is 17.5 Å². The number of rotatable bonds is 5. The third-order valence-corrected chi connectivity index (χ3v) is 3.88. The van der Waals surface area contributed by atoms with Gasteiger partial charge in [-0.2, -0.15) is 0 Å². The van der Waals surface area contributed by atoms with Gasteiger partial charge in [-0.05, 0) is 58.8 Å². The van der Waals surface area contributed by atoms with Gasteiger partial charge in [0.25, 0.3) is 5.91 Å². The summed E-state index contributed by atoms with van der Waals surface area (Å²) in [5, 5.41) is 0.682. The van der Waals surface area contributed by atoms with E-state index in [-0.39, 0.29) is 5.91 Å². The maximum absolute atomic E-state index is 12.1. The van der Waals surface area contributed by atoms with Crippen molar-refractivity contribution in [2.45, 2.75) is 13.3 Å². The molecule has 0 spiro atoms. The van der Waals surface area contributed by atoms with Gasteiger partial charge in [-0.1, -0.05) is 17.7 Å². The lowest BCUT2D eigenvalue weighted by atomic mass is 10.0. The van der Waals surface area contributed by atoms with Gasteiger partial charge in [-0.15, -0.1) is 0 Å². The van der Waals surface area contributed by atoms with Crippen LogP contribution in [0.3, 0.4) is 0 Å². The van der Waals surface area contributed by atoms with E-state index in [4.69, 9.17) is 16.4 Å². The number of aromatic nitrogens is 1. The van der Waals surface area contributed by atoms with Crippen molar-refractivity contribution >= 4 is 40.1 Å². The molecule has 1 aromatic heterocycles. The largest absolute Gasteiger partial charge is 0.275 e. The smallest absolute Gasteiger partial charge is 0.274 e. The minimum atomic E-state index is -0.282. The van der Waals surface area contributed by atoms with Gasteiger partial charge in [-0.3, -0.25) is 14.6 Å². The molecule has 2 rings (SSSR count). The molecular formula is C15H14ClIN2O2. The number of pyridine rings is 1. The number of halogens is 2. The number of benzene rings is 1. The number of carbonyl (C=O) groups is 1. The predicted octanol–water partition coefficient (Wildman–Crippen LogP) is 3.61. The zero-order valence-corrected chi connectivity index (χ0v) is 14.3. The lowest BCUT2D eigenvalue weighted by molar-refractivity contribution is 0.0363. The molecule has 0 aliphatic heterocycles. The molecule has 2 aromatic rings. The van der Waals surface area contributed by atoms with E-state index in [2.05, 4.69) is 33.1 Å². The van der Waals surface area contributed by atoms with E-state index < -0.39 is 0 Å². The van der Waals surface area contributed by atoms with Crippen LogP contribution in [0.2, 0.25) is 5.02 Å². The first-order chi connectivity index (χ1) is 10.1. The maximum atomic E-state index is 12.1. The average molecular weight is 417 g/mol. The van der Waals surface area contributed by atoms with Gasteiger partial charge in [0.2, 0.25) is 0 Å². The fraction of sp³-hybridized carbons (Fsp3) is 0.200. The fourth-order valence-corrected chi connectivity index (χ4v) is 2.78. The Bertz CT molecular complexity index is 649. The molecule has 21 heavy (non-hydrogen) atoms. The molecule has 0 bridgehead atoms. The molecule has 0 atom stereocenters. The summed E-state index contributed by atoms with van der Waals surface area (Å²) in [6.45, 7) is 2.22. The Morgan fingerprint density at radius 3 is 2.90 bits per heavy atom. The second-order valence-corrected chi connectivity index (χ2v) is 5.96. The highest BCUT2D eigenvalue weighted by atomic mass is 127. The maximum Gasteiger partial charge on any atom is 0.275 e. The number of hydrogen-bond acceptors (Lipinski definition) is 3. The Hall–Kier alpha value is -1.18. The lowest BCUT2D eigenvalue weighted by Gasteiger charge is -2.10. The average Bonchev–Trinajstić information content (AvgIpc) is 2.48. The van der Waals surface area contributed by atoms with Gasteiger partial charge in [0.1, 0.15) is 0 Å². The van der Waals surface area contributed by atoms with Crippen LogP contribution in [0.5, 0.6) is 0 Å². The van der Waals surface area contributed by atoms with Crippen molar-refractivity contribution in [1.29, 1.82) is 0 Å². The van der Waals surface area contributed by atoms with Crippen molar-refractivity contribution in [2.24, 2.45) is 0 Å². The second kappa shape index (κ2) is 7.72. The molecule has 0 saturated carbocycles. The molecule has 0 radical (unpaired) electrons. The van der Waals surface area contributed by atoms with E-state index >= 15 is 0 Å². The Labute approximate surface area is 142 Å². The van der Waals surface area contributed by atoms with Crippen LogP contribution in [0.1, 0.15) is 28.4 Å². The zero-order valence-electron chi connectivity index (χ0n) is 11.4. The predicted molar refractivity (Wildman–Crippen MR) is 90.3 cm³/mol. The Morgan fingerprint density at radius 1 is 1.38 bits per heavy atom. The Morgan fingerprint density at radius 2 is 2.19 bits per heavy atom. The monoisotopic (exact) mass is 416 g/mol. The van der Waals surface area contributed by atoms with Crippen LogP contribution >= 0.6 is 34.2 Å². The molecule has 0 aliphatic rings.